The molecule has 2 fully saturated rings. The molecule has 2 aliphatic rings. The van der Waals surface area contributed by atoms with Gasteiger partial charge in [0.1, 0.15) is 0 Å². The van der Waals surface area contributed by atoms with Crippen molar-refractivity contribution in [3.63, 3.8) is 0 Å². The van der Waals surface area contributed by atoms with Crippen LogP contribution in [0.1, 0.15) is 63.9 Å². The predicted molar refractivity (Wildman–Crippen MR) is 90.4 cm³/mol. The fourth-order valence-electron chi connectivity index (χ4n) is 4.54. The summed E-state index contributed by atoms with van der Waals surface area (Å²) in [7, 11) is 0. The van der Waals surface area contributed by atoms with Gasteiger partial charge in [-0.15, -0.1) is 0 Å². The minimum absolute atomic E-state index is 0.648. The van der Waals surface area contributed by atoms with E-state index in [9.17, 15) is 0 Å². The van der Waals surface area contributed by atoms with Crippen molar-refractivity contribution in [2.24, 2.45) is 11.8 Å². The Morgan fingerprint density at radius 1 is 1.00 bits per heavy atom. The molecular weight excluding hydrogens is 254 g/mol. The van der Waals surface area contributed by atoms with E-state index in [1.165, 1.54) is 63.4 Å². The monoisotopic (exact) mass is 285 g/mol. The van der Waals surface area contributed by atoms with E-state index in [2.05, 4.69) is 42.6 Å². The molecule has 4 unspecified atom stereocenters. The van der Waals surface area contributed by atoms with E-state index < -0.39 is 0 Å². The number of benzene rings is 1. The fraction of sp³-hybridized carbons (Fsp3) is 0.700. The second-order valence-corrected chi connectivity index (χ2v) is 7.41. The second-order valence-electron chi connectivity index (χ2n) is 7.41. The van der Waals surface area contributed by atoms with Gasteiger partial charge in [0.25, 0.3) is 0 Å². The Morgan fingerprint density at radius 3 is 2.57 bits per heavy atom. The van der Waals surface area contributed by atoms with Crippen LogP contribution in [0.2, 0.25) is 0 Å². The summed E-state index contributed by atoms with van der Waals surface area (Å²) in [5.74, 6) is 2.10. The number of hydrogen-bond acceptors (Lipinski definition) is 1. The van der Waals surface area contributed by atoms with E-state index in [-0.39, 0.29) is 0 Å². The third-order valence-electron chi connectivity index (χ3n) is 5.77. The zero-order valence-electron chi connectivity index (χ0n) is 13.6. The normalized spacial score (nSPS) is 30.6. The van der Waals surface area contributed by atoms with E-state index in [0.717, 1.165) is 17.9 Å². The molecule has 1 N–H and O–H groups in total. The van der Waals surface area contributed by atoms with Crippen LogP contribution in [0.3, 0.4) is 0 Å². The average Bonchev–Trinajstić information content (AvgIpc) is 2.54. The Balaban J connectivity index is 1.41. The molecule has 1 aromatic rings. The zero-order chi connectivity index (χ0) is 14.5. The first-order valence-electron chi connectivity index (χ1n) is 9.11. The molecule has 1 heteroatoms. The first-order chi connectivity index (χ1) is 10.3. The topological polar surface area (TPSA) is 12.0 Å². The molecule has 1 nitrogen and oxygen atoms in total. The van der Waals surface area contributed by atoms with Crippen molar-refractivity contribution in [2.45, 2.75) is 76.8 Å². The zero-order valence-corrected chi connectivity index (χ0v) is 13.6. The first-order valence-corrected chi connectivity index (χ1v) is 9.11. The SMILES string of the molecule is CC(CCc1ccccc1)NC1CCC2CCCCC2C1. The predicted octanol–water partition coefficient (Wildman–Crippen LogP) is 4.96. The quantitative estimate of drug-likeness (QED) is 0.806. The number of aryl methyl sites for hydroxylation is 1. The van der Waals surface area contributed by atoms with Gasteiger partial charge in [0.05, 0.1) is 0 Å². The molecule has 0 spiro atoms. The van der Waals surface area contributed by atoms with Crippen molar-refractivity contribution < 1.29 is 0 Å². The standard InChI is InChI=1S/C20H31N/c1-16(11-12-17-7-3-2-4-8-17)21-20-14-13-18-9-5-6-10-19(18)15-20/h2-4,7-8,16,18-21H,5-6,9-15H2,1H3. The Kier molecular flexibility index (Phi) is 5.35. The van der Waals surface area contributed by atoms with Gasteiger partial charge in [-0.25, -0.2) is 0 Å². The molecule has 0 amide bonds. The third-order valence-corrected chi connectivity index (χ3v) is 5.77. The lowest BCUT2D eigenvalue weighted by atomic mass is 9.69. The van der Waals surface area contributed by atoms with Crippen molar-refractivity contribution >= 4 is 0 Å². The van der Waals surface area contributed by atoms with E-state index >= 15 is 0 Å². The van der Waals surface area contributed by atoms with Crippen molar-refractivity contribution in [3.05, 3.63) is 35.9 Å². The van der Waals surface area contributed by atoms with Crippen LogP contribution in [0.15, 0.2) is 30.3 Å². The fourth-order valence-corrected chi connectivity index (χ4v) is 4.54. The lowest BCUT2D eigenvalue weighted by Crippen LogP contribution is -2.42. The van der Waals surface area contributed by atoms with Crippen molar-refractivity contribution in [1.29, 1.82) is 0 Å². The van der Waals surface area contributed by atoms with E-state index in [1.54, 1.807) is 0 Å². The number of fused-ring (bicyclic) bond motifs is 1. The maximum Gasteiger partial charge on any atom is 0.00723 e. The minimum atomic E-state index is 0.648. The lowest BCUT2D eigenvalue weighted by Gasteiger charge is -2.40. The molecule has 0 bridgehead atoms. The summed E-state index contributed by atoms with van der Waals surface area (Å²) >= 11 is 0. The van der Waals surface area contributed by atoms with Gasteiger partial charge in [0.15, 0.2) is 0 Å². The van der Waals surface area contributed by atoms with E-state index in [1.807, 2.05) is 0 Å². The van der Waals surface area contributed by atoms with Gasteiger partial charge >= 0.3 is 0 Å². The molecule has 1 aromatic carbocycles. The number of nitrogens with one attached hydrogen (secondary N) is 1. The largest absolute Gasteiger partial charge is 0.311 e. The van der Waals surface area contributed by atoms with Gasteiger partial charge in [-0.3, -0.25) is 0 Å². The molecular formula is C20H31N. The van der Waals surface area contributed by atoms with Gasteiger partial charge in [-0.05, 0) is 56.4 Å². The van der Waals surface area contributed by atoms with E-state index in [0.29, 0.717) is 6.04 Å². The smallest absolute Gasteiger partial charge is 0.00723 e. The van der Waals surface area contributed by atoms with Gasteiger partial charge in [0.2, 0.25) is 0 Å². The Labute approximate surface area is 130 Å². The average molecular weight is 285 g/mol. The van der Waals surface area contributed by atoms with Crippen molar-refractivity contribution in [2.75, 3.05) is 0 Å². The molecule has 0 aromatic heterocycles. The van der Waals surface area contributed by atoms with Crippen LogP contribution < -0.4 is 5.32 Å². The molecule has 3 rings (SSSR count). The van der Waals surface area contributed by atoms with Gasteiger partial charge in [-0.1, -0.05) is 56.0 Å². The molecule has 21 heavy (non-hydrogen) atoms. The first kappa shape index (κ1) is 15.1. The van der Waals surface area contributed by atoms with Crippen LogP contribution in [0.25, 0.3) is 0 Å². The summed E-state index contributed by atoms with van der Waals surface area (Å²) in [4.78, 5) is 0. The molecule has 2 aliphatic carbocycles. The highest BCUT2D eigenvalue weighted by molar-refractivity contribution is 5.14. The Hall–Kier alpha value is -0.820. The highest BCUT2D eigenvalue weighted by Gasteiger charge is 2.32. The highest BCUT2D eigenvalue weighted by Crippen LogP contribution is 2.40. The van der Waals surface area contributed by atoms with Gasteiger partial charge < -0.3 is 5.32 Å². The third kappa shape index (κ3) is 4.32. The minimum Gasteiger partial charge on any atom is -0.311 e. The molecule has 4 atom stereocenters. The molecule has 0 radical (unpaired) electrons. The number of hydrogen-bond donors (Lipinski definition) is 1. The van der Waals surface area contributed by atoms with Gasteiger partial charge in [-0.2, -0.15) is 0 Å². The molecule has 116 valence electrons. The summed E-state index contributed by atoms with van der Waals surface area (Å²) < 4.78 is 0. The summed E-state index contributed by atoms with van der Waals surface area (Å²) in [5, 5.41) is 3.92. The Morgan fingerprint density at radius 2 is 1.76 bits per heavy atom. The molecule has 0 aliphatic heterocycles. The van der Waals surface area contributed by atoms with Crippen LogP contribution in [0.5, 0.6) is 0 Å². The van der Waals surface area contributed by atoms with Crippen LogP contribution in [0.4, 0.5) is 0 Å². The molecule has 2 saturated carbocycles. The second kappa shape index (κ2) is 7.45. The number of rotatable bonds is 5. The van der Waals surface area contributed by atoms with E-state index in [4.69, 9.17) is 0 Å². The van der Waals surface area contributed by atoms with Crippen LogP contribution in [-0.2, 0) is 6.42 Å². The van der Waals surface area contributed by atoms with Crippen molar-refractivity contribution in [1.82, 2.24) is 5.32 Å². The summed E-state index contributed by atoms with van der Waals surface area (Å²) in [6.07, 6.45) is 12.8. The summed E-state index contributed by atoms with van der Waals surface area (Å²) in [5.41, 5.74) is 1.47. The summed E-state index contributed by atoms with van der Waals surface area (Å²) in [6, 6.07) is 12.3. The molecule has 0 saturated heterocycles. The summed E-state index contributed by atoms with van der Waals surface area (Å²) in [6.45, 7) is 2.37. The Bertz CT molecular complexity index is 413. The van der Waals surface area contributed by atoms with Crippen LogP contribution >= 0.6 is 0 Å². The van der Waals surface area contributed by atoms with Crippen LogP contribution in [0, 0.1) is 11.8 Å². The lowest BCUT2D eigenvalue weighted by molar-refractivity contribution is 0.139. The van der Waals surface area contributed by atoms with Crippen LogP contribution in [-0.4, -0.2) is 12.1 Å². The van der Waals surface area contributed by atoms with Gasteiger partial charge in [0, 0.05) is 12.1 Å². The maximum atomic E-state index is 3.92. The molecule has 0 heterocycles. The maximum absolute atomic E-state index is 3.92. The highest BCUT2D eigenvalue weighted by atomic mass is 14.9. The van der Waals surface area contributed by atoms with Crippen molar-refractivity contribution in [3.8, 4) is 0 Å².